The van der Waals surface area contributed by atoms with Crippen LogP contribution in [0.1, 0.15) is 22.5 Å². The summed E-state index contributed by atoms with van der Waals surface area (Å²) in [6.45, 7) is 1.24. The van der Waals surface area contributed by atoms with Crippen molar-refractivity contribution in [1.82, 2.24) is 10.1 Å². The lowest BCUT2D eigenvalue weighted by Crippen LogP contribution is -2.40. The molecular weight excluding hydrogens is 470 g/mol. The normalized spacial score (nSPS) is 18.3. The molecule has 3 aromatic rings. The molecule has 0 saturated carbocycles. The molecular formula is C25H27N3O6S. The molecule has 2 aromatic carbocycles. The zero-order valence-electron chi connectivity index (χ0n) is 19.6. The molecule has 9 nitrogen and oxygen atoms in total. The Morgan fingerprint density at radius 3 is 2.46 bits per heavy atom. The highest BCUT2D eigenvalue weighted by molar-refractivity contribution is 7.91. The lowest BCUT2D eigenvalue weighted by Gasteiger charge is -2.27. The average molecular weight is 498 g/mol. The molecule has 0 spiro atoms. The Morgan fingerprint density at radius 1 is 1.03 bits per heavy atom. The van der Waals surface area contributed by atoms with Crippen molar-refractivity contribution in [3.05, 3.63) is 59.8 Å². The third kappa shape index (κ3) is 4.97. The number of nitrogens with zero attached hydrogens (tertiary/aromatic N) is 3. The summed E-state index contributed by atoms with van der Waals surface area (Å²) in [7, 11) is 0.730. The van der Waals surface area contributed by atoms with Gasteiger partial charge in [0, 0.05) is 44.0 Å². The number of anilines is 1. The third-order valence-corrected chi connectivity index (χ3v) is 8.02. The van der Waals surface area contributed by atoms with Gasteiger partial charge in [-0.2, -0.15) is 0 Å². The molecule has 1 amide bonds. The second kappa shape index (κ2) is 9.26. The van der Waals surface area contributed by atoms with Crippen LogP contribution in [0.2, 0.25) is 0 Å². The number of carbonyl (C=O) groups excluding carboxylic acids is 1. The van der Waals surface area contributed by atoms with Gasteiger partial charge in [-0.25, -0.2) is 8.42 Å². The number of fused-ring (bicyclic) bond motifs is 1. The lowest BCUT2D eigenvalue weighted by molar-refractivity contribution is 0.0670. The van der Waals surface area contributed by atoms with Gasteiger partial charge in [0.25, 0.3) is 5.91 Å². The van der Waals surface area contributed by atoms with Crippen molar-refractivity contribution in [1.29, 1.82) is 0 Å². The zero-order valence-corrected chi connectivity index (χ0v) is 20.5. The van der Waals surface area contributed by atoms with Gasteiger partial charge in [0.05, 0.1) is 11.5 Å². The maximum Gasteiger partial charge on any atom is 0.276 e. The molecule has 2 aliphatic rings. The summed E-state index contributed by atoms with van der Waals surface area (Å²) in [5.74, 6) is 1.33. The maximum atomic E-state index is 13.6. The molecule has 5 rings (SSSR count). The van der Waals surface area contributed by atoms with Crippen LogP contribution >= 0.6 is 0 Å². The van der Waals surface area contributed by atoms with Crippen LogP contribution in [-0.2, 0) is 16.4 Å². The standard InChI is InChI=1S/C25H27N3O6S/c1-27(2)19-6-3-17(4-7-19)15-28(20-9-12-35(30,31)16-20)25(29)21-14-23(34-26-21)18-5-8-22-24(13-18)33-11-10-32-22/h3-8,13-14,20H,9-12,15-16H2,1-2H3/t20-/m1/s1. The number of rotatable bonds is 6. The van der Waals surface area contributed by atoms with Crippen molar-refractivity contribution in [3.8, 4) is 22.8 Å². The van der Waals surface area contributed by atoms with Crippen LogP contribution in [0.5, 0.6) is 11.5 Å². The largest absolute Gasteiger partial charge is 0.486 e. The zero-order chi connectivity index (χ0) is 24.6. The number of aromatic nitrogens is 1. The van der Waals surface area contributed by atoms with Gasteiger partial charge in [0.2, 0.25) is 0 Å². The SMILES string of the molecule is CN(C)c1ccc(CN(C(=O)c2cc(-c3ccc4c(c3)OCCO4)on2)[C@@H]2CCS(=O)(=O)C2)cc1. The monoisotopic (exact) mass is 497 g/mol. The molecule has 2 aliphatic heterocycles. The number of hydrogen-bond acceptors (Lipinski definition) is 8. The van der Waals surface area contributed by atoms with E-state index < -0.39 is 15.9 Å². The third-order valence-electron chi connectivity index (χ3n) is 6.27. The second-order valence-corrected chi connectivity index (χ2v) is 11.2. The highest BCUT2D eigenvalue weighted by atomic mass is 32.2. The molecule has 1 saturated heterocycles. The van der Waals surface area contributed by atoms with E-state index in [2.05, 4.69) is 5.16 Å². The Hall–Kier alpha value is -3.53. The van der Waals surface area contributed by atoms with Crippen LogP contribution in [0.25, 0.3) is 11.3 Å². The summed E-state index contributed by atoms with van der Waals surface area (Å²) in [6.07, 6.45) is 0.400. The molecule has 1 atom stereocenters. The fraction of sp³-hybridized carbons (Fsp3) is 0.360. The Balaban J connectivity index is 1.41. The predicted octanol–water partition coefficient (Wildman–Crippen LogP) is 3.01. The van der Waals surface area contributed by atoms with Crippen molar-refractivity contribution < 1.29 is 27.2 Å². The molecule has 0 radical (unpaired) electrons. The Kier molecular flexibility index (Phi) is 6.14. The fourth-order valence-electron chi connectivity index (χ4n) is 4.34. The van der Waals surface area contributed by atoms with Crippen molar-refractivity contribution in [2.45, 2.75) is 19.0 Å². The smallest absolute Gasteiger partial charge is 0.276 e. The number of benzene rings is 2. The first-order valence-electron chi connectivity index (χ1n) is 11.4. The van der Waals surface area contributed by atoms with E-state index >= 15 is 0 Å². The van der Waals surface area contributed by atoms with Gasteiger partial charge in [0.15, 0.2) is 32.8 Å². The molecule has 3 heterocycles. The van der Waals surface area contributed by atoms with Gasteiger partial charge >= 0.3 is 0 Å². The van der Waals surface area contributed by atoms with E-state index in [9.17, 15) is 13.2 Å². The van der Waals surface area contributed by atoms with E-state index in [1.54, 1.807) is 23.1 Å². The van der Waals surface area contributed by atoms with Gasteiger partial charge in [0.1, 0.15) is 13.2 Å². The minimum Gasteiger partial charge on any atom is -0.486 e. The predicted molar refractivity (Wildman–Crippen MR) is 131 cm³/mol. The topological polar surface area (TPSA) is 102 Å². The summed E-state index contributed by atoms with van der Waals surface area (Å²) in [5, 5.41) is 4.02. The number of ether oxygens (including phenoxy) is 2. The van der Waals surface area contributed by atoms with E-state index in [-0.39, 0.29) is 29.7 Å². The summed E-state index contributed by atoms with van der Waals surface area (Å²) < 4.78 is 41.0. The molecule has 0 bridgehead atoms. The average Bonchev–Trinajstić information content (AvgIpc) is 3.49. The molecule has 0 unspecified atom stereocenters. The molecule has 35 heavy (non-hydrogen) atoms. The van der Waals surface area contributed by atoms with Crippen LogP contribution in [0.15, 0.2) is 53.1 Å². The summed E-state index contributed by atoms with van der Waals surface area (Å²) in [5.41, 5.74) is 2.78. The van der Waals surface area contributed by atoms with E-state index in [1.165, 1.54) is 0 Å². The molecule has 0 N–H and O–H groups in total. The minimum atomic E-state index is -3.18. The van der Waals surface area contributed by atoms with Crippen LogP contribution in [0.4, 0.5) is 5.69 Å². The first-order valence-corrected chi connectivity index (χ1v) is 13.3. The van der Waals surface area contributed by atoms with Crippen LogP contribution in [0, 0.1) is 0 Å². The number of sulfone groups is 1. The van der Waals surface area contributed by atoms with Gasteiger partial charge in [-0.15, -0.1) is 0 Å². The van der Waals surface area contributed by atoms with Gasteiger partial charge < -0.3 is 23.8 Å². The Labute approximate surface area is 204 Å². The van der Waals surface area contributed by atoms with Gasteiger partial charge in [-0.3, -0.25) is 4.79 Å². The molecule has 0 aliphatic carbocycles. The van der Waals surface area contributed by atoms with Crippen LogP contribution < -0.4 is 14.4 Å². The summed E-state index contributed by atoms with van der Waals surface area (Å²) in [6, 6.07) is 14.4. The van der Waals surface area contributed by atoms with Crippen LogP contribution in [-0.4, -0.2) is 69.2 Å². The fourth-order valence-corrected chi connectivity index (χ4v) is 6.07. The molecule has 184 valence electrons. The molecule has 1 fully saturated rings. The lowest BCUT2D eigenvalue weighted by atomic mass is 10.1. The molecule has 10 heteroatoms. The van der Waals surface area contributed by atoms with E-state index in [4.69, 9.17) is 14.0 Å². The second-order valence-electron chi connectivity index (χ2n) is 8.99. The van der Waals surface area contributed by atoms with E-state index in [0.717, 1.165) is 11.3 Å². The highest BCUT2D eigenvalue weighted by Crippen LogP contribution is 2.35. The number of carbonyl (C=O) groups is 1. The first-order chi connectivity index (χ1) is 16.8. The Bertz CT molecular complexity index is 1330. The van der Waals surface area contributed by atoms with Crippen molar-refractivity contribution in [2.75, 3.05) is 43.7 Å². The quantitative estimate of drug-likeness (QED) is 0.512. The van der Waals surface area contributed by atoms with Crippen molar-refractivity contribution >= 4 is 21.4 Å². The van der Waals surface area contributed by atoms with E-state index in [0.29, 0.717) is 42.5 Å². The van der Waals surface area contributed by atoms with Crippen LogP contribution in [0.3, 0.4) is 0 Å². The van der Waals surface area contributed by atoms with Crippen molar-refractivity contribution in [2.24, 2.45) is 0 Å². The van der Waals surface area contributed by atoms with Gasteiger partial charge in [-0.1, -0.05) is 17.3 Å². The summed E-state index contributed by atoms with van der Waals surface area (Å²) in [4.78, 5) is 17.1. The van der Waals surface area contributed by atoms with Gasteiger partial charge in [-0.05, 0) is 42.3 Å². The summed E-state index contributed by atoms with van der Waals surface area (Å²) >= 11 is 0. The number of amides is 1. The first kappa shape index (κ1) is 23.2. The Morgan fingerprint density at radius 2 is 1.77 bits per heavy atom. The number of hydrogen-bond donors (Lipinski definition) is 0. The van der Waals surface area contributed by atoms with Crippen molar-refractivity contribution in [3.63, 3.8) is 0 Å². The maximum absolute atomic E-state index is 13.6. The highest BCUT2D eigenvalue weighted by Gasteiger charge is 2.36. The van der Waals surface area contributed by atoms with E-state index in [1.807, 2.05) is 49.3 Å². The molecule has 1 aromatic heterocycles. The minimum absolute atomic E-state index is 0.0542.